The van der Waals surface area contributed by atoms with Crippen molar-refractivity contribution in [1.29, 1.82) is 0 Å². The number of carboxylic acids is 2. The summed E-state index contributed by atoms with van der Waals surface area (Å²) in [5.41, 5.74) is 29.3. The summed E-state index contributed by atoms with van der Waals surface area (Å²) in [5, 5.41) is 50.2. The molecule has 0 aliphatic heterocycles. The van der Waals surface area contributed by atoms with Gasteiger partial charge in [0.15, 0.2) is 5.96 Å². The number of aliphatic imine (C=N–C) groups is 1. The Bertz CT molecular complexity index is 2550. The number of amides is 8. The van der Waals surface area contributed by atoms with E-state index in [2.05, 4.69) is 57.5 Å². The van der Waals surface area contributed by atoms with Crippen LogP contribution in [0.5, 0.6) is 5.75 Å². The van der Waals surface area contributed by atoms with E-state index in [-0.39, 0.29) is 89.3 Å². The molecular weight excluding hydrogens is 1060 g/mol. The van der Waals surface area contributed by atoms with E-state index in [0.29, 0.717) is 36.1 Å². The van der Waals surface area contributed by atoms with Crippen molar-refractivity contribution >= 4 is 65.2 Å². The quantitative estimate of drug-likeness (QED) is 0.0149. The first kappa shape index (κ1) is 66.6. The number of nitrogens with one attached hydrogen (secondary N) is 9. The number of hydrogen-bond donors (Lipinski definition) is 17. The highest BCUT2D eigenvalue weighted by Gasteiger charge is 2.35. The summed E-state index contributed by atoms with van der Waals surface area (Å²) >= 11 is 0. The Balaban J connectivity index is 1.98. The highest BCUT2D eigenvalue weighted by atomic mass is 16.4. The third kappa shape index (κ3) is 25.3. The molecule has 8 atom stereocenters. The van der Waals surface area contributed by atoms with E-state index in [1.807, 2.05) is 0 Å². The number of phenols is 1. The van der Waals surface area contributed by atoms with Crippen molar-refractivity contribution in [2.24, 2.45) is 33.7 Å². The summed E-state index contributed by atoms with van der Waals surface area (Å²) in [6, 6.07) is 2.81. The van der Waals surface area contributed by atoms with Gasteiger partial charge in [-0.15, -0.1) is 0 Å². The van der Waals surface area contributed by atoms with Gasteiger partial charge in [-0.1, -0.05) is 42.5 Å². The molecule has 3 rings (SSSR count). The number of aromatic amines is 1. The fourth-order valence-electron chi connectivity index (χ4n) is 8.08. The van der Waals surface area contributed by atoms with Gasteiger partial charge in [-0.2, -0.15) is 0 Å². The van der Waals surface area contributed by atoms with Gasteiger partial charge in [0, 0.05) is 44.1 Å². The molecule has 0 aliphatic rings. The number of aromatic hydroxyl groups is 1. The van der Waals surface area contributed by atoms with Gasteiger partial charge in [-0.05, 0) is 101 Å². The Hall–Kier alpha value is -8.70. The summed E-state index contributed by atoms with van der Waals surface area (Å²) in [6.45, 7) is 1.44. The standard InChI is InChI=1S/C52H78N16O13/c1-30(61-42(70)27-55)44(73)62-35(12-5-7-21-53)46(75)66-39(24-31-10-3-2-4-11-31)49(78)64-36(13-6-8-22-54)45(74)65-38(19-20-43(71)72)48(77)63-37(14-9-23-59-52(56)57)47(76)67-40(25-32-15-17-34(69)18-16-32)50(79)68-41(51(80)81)26-33-28-58-29-60-33/h2-4,10-11,15-18,28-30,35-41,69H,5-9,12-14,19-27,53-55H2,1H3,(H,58,60)(H,61,70)(H,62,73)(H,63,77)(H,64,78)(H,65,74)(H,66,75)(H,67,76)(H,68,79)(H,71,72)(H,80,81)(H4,56,57,59)/t30-,35-,36+,37-,38-,39-,40-,41-/m0/s1. The van der Waals surface area contributed by atoms with Gasteiger partial charge in [0.05, 0.1) is 12.9 Å². The number of carbonyl (C=O) groups excluding carboxylic acids is 8. The molecular formula is C52H78N16O13. The molecule has 0 aliphatic carbocycles. The van der Waals surface area contributed by atoms with Crippen LogP contribution in [0, 0.1) is 0 Å². The second-order valence-electron chi connectivity index (χ2n) is 19.1. The van der Waals surface area contributed by atoms with Gasteiger partial charge in [-0.3, -0.25) is 48.1 Å². The van der Waals surface area contributed by atoms with E-state index in [4.69, 9.17) is 28.7 Å². The van der Waals surface area contributed by atoms with E-state index >= 15 is 0 Å². The van der Waals surface area contributed by atoms with Crippen LogP contribution in [0.2, 0.25) is 0 Å². The second kappa shape index (κ2) is 35.7. The number of carbonyl (C=O) groups is 10. The number of aliphatic carboxylic acids is 2. The van der Waals surface area contributed by atoms with Crippen molar-refractivity contribution in [1.82, 2.24) is 52.5 Å². The van der Waals surface area contributed by atoms with Gasteiger partial charge < -0.3 is 91.5 Å². The van der Waals surface area contributed by atoms with E-state index in [9.17, 15) is 63.3 Å². The number of nitrogens with two attached hydrogens (primary N) is 5. The van der Waals surface area contributed by atoms with Crippen LogP contribution in [0.25, 0.3) is 0 Å². The molecule has 0 spiro atoms. The molecule has 1 heterocycles. The number of unbranched alkanes of at least 4 members (excludes halogenated alkanes) is 2. The van der Waals surface area contributed by atoms with Crippen LogP contribution in [0.4, 0.5) is 0 Å². The van der Waals surface area contributed by atoms with Crippen LogP contribution in [-0.4, -0.2) is 165 Å². The average molecular weight is 1140 g/mol. The monoisotopic (exact) mass is 1130 g/mol. The molecule has 3 aromatic rings. The van der Waals surface area contributed by atoms with Crippen LogP contribution in [-0.2, 0) is 67.2 Å². The third-order valence-electron chi connectivity index (χ3n) is 12.5. The maximum atomic E-state index is 14.5. The number of rotatable bonds is 38. The lowest BCUT2D eigenvalue weighted by Gasteiger charge is -2.28. The normalized spacial score (nSPS) is 13.9. The summed E-state index contributed by atoms with van der Waals surface area (Å²) in [7, 11) is 0. The molecule has 81 heavy (non-hydrogen) atoms. The van der Waals surface area contributed by atoms with Crippen molar-refractivity contribution in [3.63, 3.8) is 0 Å². The number of H-pyrrole nitrogens is 1. The Kier molecular flexibility index (Phi) is 29.4. The van der Waals surface area contributed by atoms with E-state index in [1.165, 1.54) is 43.7 Å². The van der Waals surface area contributed by atoms with Crippen LogP contribution in [0.1, 0.15) is 88.0 Å². The number of phenolic OH excluding ortho intramolecular Hbond substituents is 1. The molecule has 0 fully saturated rings. The Morgan fingerprint density at radius 1 is 0.543 bits per heavy atom. The highest BCUT2D eigenvalue weighted by Crippen LogP contribution is 2.14. The first-order chi connectivity index (χ1) is 38.6. The van der Waals surface area contributed by atoms with E-state index < -0.39 is 120 Å². The zero-order chi connectivity index (χ0) is 59.9. The number of hydrogen-bond acceptors (Lipinski definition) is 16. The molecule has 0 bridgehead atoms. The highest BCUT2D eigenvalue weighted by molar-refractivity contribution is 5.98. The third-order valence-corrected chi connectivity index (χ3v) is 12.5. The number of imidazole rings is 1. The molecule has 0 saturated heterocycles. The van der Waals surface area contributed by atoms with Crippen LogP contribution >= 0.6 is 0 Å². The first-order valence-corrected chi connectivity index (χ1v) is 26.5. The second-order valence-corrected chi connectivity index (χ2v) is 19.1. The smallest absolute Gasteiger partial charge is 0.326 e. The minimum Gasteiger partial charge on any atom is -0.508 e. The molecule has 2 aromatic carbocycles. The van der Waals surface area contributed by atoms with Gasteiger partial charge in [0.25, 0.3) is 0 Å². The number of guanidine groups is 1. The zero-order valence-corrected chi connectivity index (χ0v) is 45.2. The predicted molar refractivity (Wildman–Crippen MR) is 295 cm³/mol. The van der Waals surface area contributed by atoms with Crippen molar-refractivity contribution in [3.8, 4) is 5.75 Å². The molecule has 22 N–H and O–H groups in total. The number of aromatic nitrogens is 2. The molecule has 1 aromatic heterocycles. The van der Waals surface area contributed by atoms with Crippen molar-refractivity contribution in [3.05, 3.63) is 83.9 Å². The fourth-order valence-corrected chi connectivity index (χ4v) is 8.08. The topological polar surface area (TPSA) is 499 Å². The number of carboxylic acid groups (broad SMARTS) is 2. The molecule has 8 amide bonds. The summed E-state index contributed by atoms with van der Waals surface area (Å²) < 4.78 is 0. The lowest BCUT2D eigenvalue weighted by molar-refractivity contribution is -0.142. The zero-order valence-electron chi connectivity index (χ0n) is 45.2. The largest absolute Gasteiger partial charge is 0.508 e. The van der Waals surface area contributed by atoms with Crippen molar-refractivity contribution < 1.29 is 63.3 Å². The van der Waals surface area contributed by atoms with E-state index in [1.54, 1.807) is 30.3 Å². The SMILES string of the molecule is C[C@H](NC(=O)CN)C(=O)N[C@@H](CCCCN)C(=O)N[C@@H](Cc1ccccc1)C(=O)N[C@H](CCCCN)C(=O)N[C@@H](CCC(=O)O)C(=O)N[C@@H](CCCN=C(N)N)C(=O)N[C@@H](Cc1ccc(O)cc1)C(=O)N[C@@H](Cc1cnc[nH]1)C(=O)O. The summed E-state index contributed by atoms with van der Waals surface area (Å²) in [4.78, 5) is 146. The predicted octanol–water partition coefficient (Wildman–Crippen LogP) is -3.74. The van der Waals surface area contributed by atoms with Gasteiger partial charge >= 0.3 is 11.9 Å². The van der Waals surface area contributed by atoms with E-state index in [0.717, 1.165) is 0 Å². The first-order valence-electron chi connectivity index (χ1n) is 26.5. The lowest BCUT2D eigenvalue weighted by atomic mass is 10.0. The van der Waals surface area contributed by atoms with Crippen LogP contribution in [0.3, 0.4) is 0 Å². The molecule has 444 valence electrons. The Morgan fingerprint density at radius 3 is 1.43 bits per heavy atom. The lowest BCUT2D eigenvalue weighted by Crippen LogP contribution is -2.60. The van der Waals surface area contributed by atoms with Crippen LogP contribution < -0.4 is 71.2 Å². The van der Waals surface area contributed by atoms with Crippen molar-refractivity contribution in [2.45, 2.75) is 139 Å². The van der Waals surface area contributed by atoms with Crippen molar-refractivity contribution in [2.75, 3.05) is 26.2 Å². The summed E-state index contributed by atoms with van der Waals surface area (Å²) in [5.74, 6) is -10.0. The minimum atomic E-state index is -1.68. The van der Waals surface area contributed by atoms with Gasteiger partial charge in [0.1, 0.15) is 54.1 Å². The minimum absolute atomic E-state index is 0.0416. The maximum absolute atomic E-state index is 14.5. The molecule has 29 heteroatoms. The fraction of sp³-hybridized carbons (Fsp3) is 0.500. The maximum Gasteiger partial charge on any atom is 0.326 e. The van der Waals surface area contributed by atoms with Crippen LogP contribution in [0.15, 0.2) is 72.1 Å². The number of benzene rings is 2. The molecule has 29 nitrogen and oxygen atoms in total. The average Bonchev–Trinajstić information content (AvgIpc) is 3.95. The summed E-state index contributed by atoms with van der Waals surface area (Å²) in [6.07, 6.45) is 2.30. The van der Waals surface area contributed by atoms with Gasteiger partial charge in [0.2, 0.25) is 47.3 Å². The molecule has 0 unspecified atom stereocenters. The van der Waals surface area contributed by atoms with Gasteiger partial charge in [-0.25, -0.2) is 9.78 Å². The molecule has 0 radical (unpaired) electrons. The molecule has 0 saturated carbocycles. The Morgan fingerprint density at radius 2 is 0.988 bits per heavy atom. The Labute approximate surface area is 467 Å². The number of nitrogens with zero attached hydrogens (tertiary/aromatic N) is 2.